The number of carbonyl (C=O) groups excluding carboxylic acids is 1. The predicted molar refractivity (Wildman–Crippen MR) is 141 cm³/mol. The van der Waals surface area contributed by atoms with E-state index in [1.807, 2.05) is 30.3 Å². The van der Waals surface area contributed by atoms with Gasteiger partial charge in [-0.15, -0.1) is 11.3 Å². The van der Waals surface area contributed by atoms with E-state index in [1.165, 1.54) is 33.1 Å². The number of amides is 1. The summed E-state index contributed by atoms with van der Waals surface area (Å²) in [5.41, 5.74) is 0.936. The number of fused-ring (bicyclic) bond motifs is 1. The second-order valence-corrected chi connectivity index (χ2v) is 12.2. The molecule has 4 aromatic rings. The SMILES string of the molecule is COc1cccc2c1c(NS(=O)(=O)c1ccc(Cl)s1)nn2Cc1cccc(CNC(=O)C(C)(C)O)c1.[H-].[Na+]. The van der Waals surface area contributed by atoms with Gasteiger partial charge in [0.15, 0.2) is 5.82 Å². The minimum Gasteiger partial charge on any atom is -1.00 e. The molecule has 0 aliphatic carbocycles. The Labute approximate surface area is 247 Å². The van der Waals surface area contributed by atoms with Gasteiger partial charge in [0.1, 0.15) is 15.6 Å². The number of hydrogen-bond acceptors (Lipinski definition) is 7. The van der Waals surface area contributed by atoms with Crippen LogP contribution in [0.3, 0.4) is 0 Å². The number of benzene rings is 2. The van der Waals surface area contributed by atoms with Crippen molar-refractivity contribution >= 4 is 55.6 Å². The molecule has 2 aromatic carbocycles. The molecule has 0 atom stereocenters. The van der Waals surface area contributed by atoms with Crippen LogP contribution in [0.15, 0.2) is 58.8 Å². The quantitative estimate of drug-likeness (QED) is 0.258. The predicted octanol–water partition coefficient (Wildman–Crippen LogP) is 1.11. The number of sulfonamides is 1. The van der Waals surface area contributed by atoms with Crippen molar-refractivity contribution < 1.29 is 54.0 Å². The third-order valence-electron chi connectivity index (χ3n) is 5.34. The number of carbonyl (C=O) groups is 1. The van der Waals surface area contributed by atoms with E-state index in [4.69, 9.17) is 16.3 Å². The van der Waals surface area contributed by atoms with Gasteiger partial charge in [-0.2, -0.15) is 5.10 Å². The van der Waals surface area contributed by atoms with Crippen LogP contribution < -0.4 is 44.3 Å². The molecule has 0 fully saturated rings. The molecule has 0 aliphatic rings. The average molecular weight is 573 g/mol. The number of halogens is 1. The van der Waals surface area contributed by atoms with Gasteiger partial charge in [0.25, 0.3) is 15.9 Å². The minimum atomic E-state index is -3.91. The van der Waals surface area contributed by atoms with Crippen LogP contribution in [0.25, 0.3) is 10.9 Å². The molecule has 2 aromatic heterocycles. The van der Waals surface area contributed by atoms with Crippen molar-refractivity contribution in [2.24, 2.45) is 0 Å². The normalized spacial score (nSPS) is 11.7. The zero-order valence-corrected chi connectivity index (χ0v) is 25.2. The van der Waals surface area contributed by atoms with Gasteiger partial charge in [0.05, 0.1) is 28.9 Å². The van der Waals surface area contributed by atoms with Crippen LogP contribution >= 0.6 is 22.9 Å². The Morgan fingerprint density at radius 2 is 1.89 bits per heavy atom. The molecule has 9 nitrogen and oxygen atoms in total. The molecule has 3 N–H and O–H groups in total. The summed E-state index contributed by atoms with van der Waals surface area (Å²) < 4.78 is 36.1. The topological polar surface area (TPSA) is 123 Å². The number of aromatic nitrogens is 2. The number of aliphatic hydroxyl groups is 1. The van der Waals surface area contributed by atoms with Crippen molar-refractivity contribution in [1.82, 2.24) is 15.1 Å². The number of ether oxygens (including phenoxy) is 1. The third kappa shape index (κ3) is 6.85. The first-order chi connectivity index (χ1) is 17.0. The maximum Gasteiger partial charge on any atom is 1.00 e. The first-order valence-electron chi connectivity index (χ1n) is 10.9. The van der Waals surface area contributed by atoms with Crippen molar-refractivity contribution in [1.29, 1.82) is 0 Å². The Bertz CT molecular complexity index is 1540. The molecular weight excluding hydrogens is 547 g/mol. The number of nitrogens with zero attached hydrogens (tertiary/aromatic N) is 2. The fraction of sp³-hybridized carbons (Fsp3) is 0.250. The molecule has 37 heavy (non-hydrogen) atoms. The summed E-state index contributed by atoms with van der Waals surface area (Å²) in [4.78, 5) is 12.0. The second-order valence-electron chi connectivity index (χ2n) is 8.59. The van der Waals surface area contributed by atoms with Gasteiger partial charge in [0, 0.05) is 6.54 Å². The smallest absolute Gasteiger partial charge is 1.00 e. The minimum absolute atomic E-state index is 0. The fourth-order valence-electron chi connectivity index (χ4n) is 3.59. The van der Waals surface area contributed by atoms with E-state index < -0.39 is 21.5 Å². The number of hydrogen-bond donors (Lipinski definition) is 3. The summed E-state index contributed by atoms with van der Waals surface area (Å²) in [6, 6.07) is 15.9. The molecule has 0 saturated heterocycles. The molecule has 4 rings (SSSR count). The molecule has 0 aliphatic heterocycles. The number of methoxy groups -OCH3 is 1. The maximum absolute atomic E-state index is 13.0. The van der Waals surface area contributed by atoms with Crippen LogP contribution in [0.4, 0.5) is 5.82 Å². The van der Waals surface area contributed by atoms with Gasteiger partial charge < -0.3 is 16.6 Å². The van der Waals surface area contributed by atoms with Gasteiger partial charge in [-0.3, -0.25) is 14.2 Å². The Morgan fingerprint density at radius 1 is 1.19 bits per heavy atom. The zero-order valence-electron chi connectivity index (χ0n) is 21.8. The molecule has 0 bridgehead atoms. The number of nitrogens with one attached hydrogen (secondary N) is 2. The van der Waals surface area contributed by atoms with Gasteiger partial charge >= 0.3 is 29.6 Å². The summed E-state index contributed by atoms with van der Waals surface area (Å²) in [5, 5.41) is 17.6. The van der Waals surface area contributed by atoms with Gasteiger partial charge in [-0.25, -0.2) is 8.42 Å². The zero-order chi connectivity index (χ0) is 26.1. The van der Waals surface area contributed by atoms with Crippen LogP contribution in [0.1, 0.15) is 26.4 Å². The van der Waals surface area contributed by atoms with Crippen molar-refractivity contribution in [3.8, 4) is 5.75 Å². The van der Waals surface area contributed by atoms with Crippen molar-refractivity contribution in [2.45, 2.75) is 36.7 Å². The molecule has 0 radical (unpaired) electrons. The van der Waals surface area contributed by atoms with Crippen LogP contribution in [0.2, 0.25) is 4.34 Å². The molecule has 1 amide bonds. The molecular formula is C24H26ClN4NaO5S2. The van der Waals surface area contributed by atoms with E-state index in [0.29, 0.717) is 27.5 Å². The van der Waals surface area contributed by atoms with E-state index >= 15 is 0 Å². The van der Waals surface area contributed by atoms with Crippen LogP contribution in [0, 0.1) is 0 Å². The summed E-state index contributed by atoms with van der Waals surface area (Å²) >= 11 is 6.88. The largest absolute Gasteiger partial charge is 1.00 e. The Kier molecular flexibility index (Phi) is 9.33. The standard InChI is InChI=1S/C24H25ClN4O5S2.Na.H/c1-24(2,31)23(30)26-13-15-6-4-7-16(12-15)14-29-17-8-5-9-18(34-3)21(17)22(27-29)28-36(32,33)20-11-10-19(25)35-20;;/h4-12,31H,13-14H2,1-3H3,(H,26,30)(H,27,28);;/q;+1;-1. The fourth-order valence-corrected chi connectivity index (χ4v) is 6.08. The molecule has 0 saturated carbocycles. The monoisotopic (exact) mass is 572 g/mol. The van der Waals surface area contributed by atoms with Crippen LogP contribution in [0.5, 0.6) is 5.75 Å². The third-order valence-corrected chi connectivity index (χ3v) is 8.40. The molecule has 0 unspecified atom stereocenters. The molecule has 2 heterocycles. The van der Waals surface area contributed by atoms with Gasteiger partial charge in [0.2, 0.25) is 0 Å². The Hall–Kier alpha value is -2.12. The molecule has 192 valence electrons. The van der Waals surface area contributed by atoms with E-state index in [2.05, 4.69) is 15.1 Å². The first-order valence-corrected chi connectivity index (χ1v) is 13.6. The number of rotatable bonds is 9. The number of thiophene rings is 1. The van der Waals surface area contributed by atoms with Crippen molar-refractivity contribution in [3.05, 3.63) is 70.1 Å². The van der Waals surface area contributed by atoms with E-state index in [-0.39, 0.29) is 47.6 Å². The first kappa shape index (κ1) is 29.4. The number of anilines is 1. The molecule has 13 heteroatoms. The van der Waals surface area contributed by atoms with Crippen molar-refractivity contribution in [2.75, 3.05) is 11.8 Å². The van der Waals surface area contributed by atoms with Crippen molar-refractivity contribution in [3.63, 3.8) is 0 Å². The second kappa shape index (κ2) is 11.7. The van der Waals surface area contributed by atoms with E-state index in [1.54, 1.807) is 16.8 Å². The van der Waals surface area contributed by atoms with Gasteiger partial charge in [-0.05, 0) is 49.2 Å². The Morgan fingerprint density at radius 3 is 2.54 bits per heavy atom. The summed E-state index contributed by atoms with van der Waals surface area (Å²) in [5.74, 6) is 0.145. The van der Waals surface area contributed by atoms with Crippen LogP contribution in [-0.2, 0) is 27.9 Å². The Balaban J connectivity index is 0.00000253. The van der Waals surface area contributed by atoms with Crippen LogP contribution in [-0.4, -0.2) is 41.9 Å². The summed E-state index contributed by atoms with van der Waals surface area (Å²) in [7, 11) is -2.40. The summed E-state index contributed by atoms with van der Waals surface area (Å²) in [6.45, 7) is 3.44. The van der Waals surface area contributed by atoms with Gasteiger partial charge in [-0.1, -0.05) is 41.9 Å². The van der Waals surface area contributed by atoms with E-state index in [9.17, 15) is 18.3 Å². The summed E-state index contributed by atoms with van der Waals surface area (Å²) in [6.07, 6.45) is 0. The average Bonchev–Trinajstić information content (AvgIpc) is 3.41. The van der Waals surface area contributed by atoms with E-state index in [0.717, 1.165) is 22.5 Å². The maximum atomic E-state index is 13.0. The molecule has 0 spiro atoms.